The van der Waals surface area contributed by atoms with Crippen molar-refractivity contribution in [3.8, 4) is 11.4 Å². The Bertz CT molecular complexity index is 1200. The van der Waals surface area contributed by atoms with E-state index in [9.17, 15) is 9.90 Å². The molecule has 1 fully saturated rings. The maximum Gasteiger partial charge on any atom is 0.253 e. The van der Waals surface area contributed by atoms with Crippen LogP contribution in [0.2, 0.25) is 0 Å². The van der Waals surface area contributed by atoms with Crippen molar-refractivity contribution < 1.29 is 9.90 Å². The van der Waals surface area contributed by atoms with Gasteiger partial charge in [-0.2, -0.15) is 0 Å². The molecule has 31 heavy (non-hydrogen) atoms. The summed E-state index contributed by atoms with van der Waals surface area (Å²) in [6.07, 6.45) is 3.73. The summed E-state index contributed by atoms with van der Waals surface area (Å²) in [7, 11) is 0. The van der Waals surface area contributed by atoms with E-state index < -0.39 is 0 Å². The molecule has 2 aromatic carbocycles. The number of fused-ring (bicyclic) bond motifs is 4. The molecule has 2 aliphatic heterocycles. The SMILES string of the molecule is C=Nc1ccc(C(=O)N2CCC3(CC2)Nc2cc(O)ccc2-n2cc(C)cc23)cc1C. The highest BCUT2D eigenvalue weighted by Gasteiger charge is 2.42. The Morgan fingerprint density at radius 2 is 1.90 bits per heavy atom. The molecule has 1 amide bonds. The van der Waals surface area contributed by atoms with E-state index in [0.29, 0.717) is 18.7 Å². The molecule has 1 spiro atoms. The average molecular weight is 415 g/mol. The second kappa shape index (κ2) is 7.01. The van der Waals surface area contributed by atoms with Crippen LogP contribution in [0, 0.1) is 13.8 Å². The highest BCUT2D eigenvalue weighted by atomic mass is 16.3. The van der Waals surface area contributed by atoms with Gasteiger partial charge in [0, 0.05) is 36.6 Å². The first-order valence-corrected chi connectivity index (χ1v) is 10.6. The van der Waals surface area contributed by atoms with Crippen molar-refractivity contribution in [1.29, 1.82) is 0 Å². The van der Waals surface area contributed by atoms with Crippen molar-refractivity contribution >= 4 is 24.0 Å². The first-order chi connectivity index (χ1) is 14.9. The lowest BCUT2D eigenvalue weighted by molar-refractivity contribution is 0.0676. The van der Waals surface area contributed by atoms with E-state index in [-0.39, 0.29) is 17.2 Å². The fraction of sp³-hybridized carbons (Fsp3) is 0.280. The molecule has 6 nitrogen and oxygen atoms in total. The third kappa shape index (κ3) is 3.10. The number of phenols is 1. The molecule has 3 aromatic rings. The van der Waals surface area contributed by atoms with Gasteiger partial charge in [0.2, 0.25) is 0 Å². The van der Waals surface area contributed by atoms with E-state index in [1.165, 1.54) is 11.3 Å². The number of hydrogen-bond donors (Lipinski definition) is 2. The van der Waals surface area contributed by atoms with Gasteiger partial charge >= 0.3 is 0 Å². The highest BCUT2D eigenvalue weighted by Crippen LogP contribution is 2.45. The summed E-state index contributed by atoms with van der Waals surface area (Å²) in [5, 5.41) is 13.7. The molecule has 0 unspecified atom stereocenters. The van der Waals surface area contributed by atoms with Crippen molar-refractivity contribution in [2.24, 2.45) is 4.99 Å². The number of nitrogens with one attached hydrogen (secondary N) is 1. The lowest BCUT2D eigenvalue weighted by atomic mass is 9.82. The van der Waals surface area contributed by atoms with Crippen molar-refractivity contribution in [2.75, 3.05) is 18.4 Å². The van der Waals surface area contributed by atoms with Gasteiger partial charge in [-0.1, -0.05) is 0 Å². The van der Waals surface area contributed by atoms with Gasteiger partial charge in [-0.3, -0.25) is 9.79 Å². The first-order valence-electron chi connectivity index (χ1n) is 10.6. The van der Waals surface area contributed by atoms with E-state index in [1.807, 2.05) is 36.1 Å². The van der Waals surface area contributed by atoms with Gasteiger partial charge < -0.3 is 19.9 Å². The minimum atomic E-state index is -0.266. The number of rotatable bonds is 2. The van der Waals surface area contributed by atoms with E-state index in [1.54, 1.807) is 12.1 Å². The van der Waals surface area contributed by atoms with Crippen LogP contribution < -0.4 is 5.32 Å². The molecule has 0 atom stereocenters. The van der Waals surface area contributed by atoms with Gasteiger partial charge in [0.25, 0.3) is 5.91 Å². The number of phenolic OH excluding ortho intramolecular Hbond substituents is 1. The number of piperidine rings is 1. The predicted molar refractivity (Wildman–Crippen MR) is 123 cm³/mol. The van der Waals surface area contributed by atoms with Gasteiger partial charge in [0.1, 0.15) is 5.75 Å². The van der Waals surface area contributed by atoms with Crippen molar-refractivity contribution in [1.82, 2.24) is 9.47 Å². The second-order valence-corrected chi connectivity index (χ2v) is 8.63. The normalized spacial score (nSPS) is 16.4. The van der Waals surface area contributed by atoms with E-state index in [4.69, 9.17) is 0 Å². The topological polar surface area (TPSA) is 69.9 Å². The number of aliphatic imine (C=N–C) groups is 1. The molecule has 0 aliphatic carbocycles. The van der Waals surface area contributed by atoms with Crippen LogP contribution in [-0.4, -0.2) is 40.3 Å². The fourth-order valence-electron chi connectivity index (χ4n) is 4.94. The number of likely N-dealkylation sites (tertiary alicyclic amines) is 1. The lowest BCUT2D eigenvalue weighted by Crippen LogP contribution is -2.51. The molecule has 0 radical (unpaired) electrons. The first kappa shape index (κ1) is 19.4. The molecule has 2 aliphatic rings. The maximum atomic E-state index is 13.1. The third-order valence-corrected chi connectivity index (χ3v) is 6.58. The largest absolute Gasteiger partial charge is 0.508 e. The molecule has 5 rings (SSSR count). The van der Waals surface area contributed by atoms with Gasteiger partial charge in [0.05, 0.1) is 22.6 Å². The number of aromatic hydroxyl groups is 1. The van der Waals surface area contributed by atoms with E-state index in [2.05, 4.69) is 40.8 Å². The Balaban J connectivity index is 1.42. The van der Waals surface area contributed by atoms with Gasteiger partial charge in [-0.15, -0.1) is 0 Å². The summed E-state index contributed by atoms with van der Waals surface area (Å²) in [6, 6.07) is 13.2. The Hall–Kier alpha value is -3.54. The van der Waals surface area contributed by atoms with Crippen LogP contribution in [0.3, 0.4) is 0 Å². The molecule has 3 heterocycles. The molecular formula is C25H26N4O2. The highest BCUT2D eigenvalue weighted by molar-refractivity contribution is 5.95. The third-order valence-electron chi connectivity index (χ3n) is 6.58. The molecule has 1 aromatic heterocycles. The maximum absolute atomic E-state index is 13.1. The Kier molecular flexibility index (Phi) is 4.39. The molecule has 1 saturated heterocycles. The van der Waals surface area contributed by atoms with Crippen LogP contribution >= 0.6 is 0 Å². The van der Waals surface area contributed by atoms with Crippen molar-refractivity contribution in [3.05, 3.63) is 71.0 Å². The van der Waals surface area contributed by atoms with Gasteiger partial charge in [-0.05, 0) is 80.9 Å². The number of benzene rings is 2. The second-order valence-electron chi connectivity index (χ2n) is 8.63. The van der Waals surface area contributed by atoms with Crippen molar-refractivity contribution in [3.63, 3.8) is 0 Å². The smallest absolute Gasteiger partial charge is 0.253 e. The number of carbonyl (C=O) groups is 1. The monoisotopic (exact) mass is 414 g/mol. The van der Waals surface area contributed by atoms with Crippen LogP contribution in [0.15, 0.2) is 53.7 Å². The number of nitrogens with zero attached hydrogens (tertiary/aromatic N) is 3. The molecular weight excluding hydrogens is 388 g/mol. The van der Waals surface area contributed by atoms with Gasteiger partial charge in [0.15, 0.2) is 0 Å². The van der Waals surface area contributed by atoms with E-state index >= 15 is 0 Å². The van der Waals surface area contributed by atoms with Crippen LogP contribution in [-0.2, 0) is 5.54 Å². The zero-order valence-corrected chi connectivity index (χ0v) is 17.9. The molecule has 0 saturated carbocycles. The summed E-state index contributed by atoms with van der Waals surface area (Å²) in [4.78, 5) is 19.1. The summed E-state index contributed by atoms with van der Waals surface area (Å²) < 4.78 is 2.22. The van der Waals surface area contributed by atoms with Crippen LogP contribution in [0.4, 0.5) is 11.4 Å². The van der Waals surface area contributed by atoms with Crippen LogP contribution in [0.5, 0.6) is 5.75 Å². The quantitative estimate of drug-likeness (QED) is 0.598. The number of aromatic nitrogens is 1. The Labute approximate surface area is 181 Å². The van der Waals surface area contributed by atoms with Crippen LogP contribution in [0.1, 0.15) is 40.0 Å². The Morgan fingerprint density at radius 1 is 1.13 bits per heavy atom. The zero-order valence-electron chi connectivity index (χ0n) is 17.9. The molecule has 0 bridgehead atoms. The standard InChI is InChI=1S/C25H26N4O2/c1-16-12-23-25(27-21-14-19(30)5-7-22(21)29(23)15-16)8-10-28(11-9-25)24(31)18-4-6-20(26-3)17(2)13-18/h4-7,12-15,27,30H,3,8-11H2,1-2H3. The van der Waals surface area contributed by atoms with Gasteiger partial charge in [-0.25, -0.2) is 0 Å². The molecule has 2 N–H and O–H groups in total. The summed E-state index contributed by atoms with van der Waals surface area (Å²) >= 11 is 0. The zero-order chi connectivity index (χ0) is 21.8. The minimum Gasteiger partial charge on any atom is -0.508 e. The summed E-state index contributed by atoms with van der Waals surface area (Å²) in [6.45, 7) is 8.94. The predicted octanol–water partition coefficient (Wildman–Crippen LogP) is 4.69. The lowest BCUT2D eigenvalue weighted by Gasteiger charge is -2.46. The summed E-state index contributed by atoms with van der Waals surface area (Å²) in [5.74, 6) is 0.295. The van der Waals surface area contributed by atoms with E-state index in [0.717, 1.165) is 35.5 Å². The number of carbonyl (C=O) groups excluding carboxylic acids is 1. The number of aryl methyl sites for hydroxylation is 2. The minimum absolute atomic E-state index is 0.0500. The summed E-state index contributed by atoms with van der Waals surface area (Å²) in [5.41, 5.74) is 6.55. The average Bonchev–Trinajstić information content (AvgIpc) is 3.16. The number of anilines is 1. The van der Waals surface area contributed by atoms with Crippen LogP contribution in [0.25, 0.3) is 5.69 Å². The molecule has 158 valence electrons. The Morgan fingerprint density at radius 3 is 2.61 bits per heavy atom. The molecule has 6 heteroatoms. The number of hydrogen-bond acceptors (Lipinski definition) is 4. The number of amides is 1. The van der Waals surface area contributed by atoms with Crippen molar-refractivity contribution in [2.45, 2.75) is 32.2 Å². The fourth-order valence-corrected chi connectivity index (χ4v) is 4.94.